The van der Waals surface area contributed by atoms with Gasteiger partial charge in [0, 0.05) is 25.9 Å². The number of aromatic amines is 2. The number of aromatic nitrogens is 4. The Kier molecular flexibility index (Phi) is 6.78. The molecule has 0 aliphatic carbocycles. The van der Waals surface area contributed by atoms with Gasteiger partial charge in [-0.3, -0.25) is 9.59 Å². The molecule has 0 bridgehead atoms. The van der Waals surface area contributed by atoms with Gasteiger partial charge in [-0.25, -0.2) is 9.97 Å². The van der Waals surface area contributed by atoms with Crippen molar-refractivity contribution in [1.29, 1.82) is 0 Å². The molecule has 206 valence electrons. The lowest BCUT2D eigenvalue weighted by Crippen LogP contribution is -2.34. The fourth-order valence-corrected chi connectivity index (χ4v) is 6.56. The van der Waals surface area contributed by atoms with Crippen LogP contribution in [-0.2, 0) is 9.59 Å². The number of carbonyl (C=O) groups is 2. The number of H-pyrrole nitrogens is 2. The smallest absolute Gasteiger partial charge is 0.220 e. The second-order valence-corrected chi connectivity index (χ2v) is 11.3. The lowest BCUT2D eigenvalue weighted by molar-refractivity contribution is -0.132. The summed E-state index contributed by atoms with van der Waals surface area (Å²) in [6.07, 6.45) is 7.57. The third-order valence-electron chi connectivity index (χ3n) is 8.61. The Morgan fingerprint density at radius 1 is 0.625 bits per heavy atom. The number of hydrogen-bond acceptors (Lipinski definition) is 4. The minimum absolute atomic E-state index is 0.0137. The van der Waals surface area contributed by atoms with Crippen molar-refractivity contribution in [2.75, 3.05) is 0 Å². The van der Waals surface area contributed by atoms with E-state index in [-0.39, 0.29) is 36.0 Å². The fraction of sp³-hybridized carbons (Fsp3) is 0.375. The van der Waals surface area contributed by atoms with E-state index in [1.165, 1.54) is 0 Å². The van der Waals surface area contributed by atoms with E-state index in [1.54, 1.807) is 13.8 Å². The molecular weight excluding hydrogens is 500 g/mol. The van der Waals surface area contributed by atoms with Gasteiger partial charge in [-0.1, -0.05) is 48.5 Å². The molecule has 40 heavy (non-hydrogen) atoms. The average molecular weight is 537 g/mol. The van der Waals surface area contributed by atoms with E-state index in [2.05, 4.69) is 82.3 Å². The van der Waals surface area contributed by atoms with Gasteiger partial charge in [0.15, 0.2) is 0 Å². The molecule has 2 aromatic carbocycles. The second kappa shape index (κ2) is 10.4. The van der Waals surface area contributed by atoms with Crippen molar-refractivity contribution < 1.29 is 9.59 Å². The quantitative estimate of drug-likeness (QED) is 0.314. The van der Waals surface area contributed by atoms with E-state index in [0.717, 1.165) is 71.0 Å². The predicted molar refractivity (Wildman–Crippen MR) is 155 cm³/mol. The first-order chi connectivity index (χ1) is 19.3. The SMILES string of the molecule is CC(=O)N1[C@@H](C)CC[C@H]1c1ncc(-c2ccc(-c3ccc(-c4cnc([C@@H]5CC[C@H](C)N5C(C)=O)[nH]4)cc3)cc2)[nH]1. The fourth-order valence-electron chi connectivity index (χ4n) is 6.56. The minimum atomic E-state index is 0.0137. The summed E-state index contributed by atoms with van der Waals surface area (Å²) in [5.41, 5.74) is 6.29. The molecular formula is C32H36N6O2. The van der Waals surface area contributed by atoms with E-state index in [9.17, 15) is 9.59 Å². The predicted octanol–water partition coefficient (Wildman–Crippen LogP) is 6.28. The van der Waals surface area contributed by atoms with Gasteiger partial charge in [-0.2, -0.15) is 0 Å². The van der Waals surface area contributed by atoms with Crippen LogP contribution in [0.5, 0.6) is 0 Å². The van der Waals surface area contributed by atoms with Gasteiger partial charge in [-0.15, -0.1) is 0 Å². The molecule has 2 fully saturated rings. The molecule has 8 nitrogen and oxygen atoms in total. The van der Waals surface area contributed by atoms with Crippen LogP contribution in [0.15, 0.2) is 60.9 Å². The maximum Gasteiger partial charge on any atom is 0.220 e. The molecule has 4 aromatic rings. The summed E-state index contributed by atoms with van der Waals surface area (Å²) in [6.45, 7) is 7.47. The van der Waals surface area contributed by atoms with Crippen molar-refractivity contribution in [2.45, 2.75) is 77.5 Å². The second-order valence-electron chi connectivity index (χ2n) is 11.3. The maximum atomic E-state index is 12.2. The Labute approximate surface area is 234 Å². The molecule has 4 atom stereocenters. The van der Waals surface area contributed by atoms with Gasteiger partial charge >= 0.3 is 0 Å². The minimum Gasteiger partial charge on any atom is -0.340 e. The number of benzene rings is 2. The molecule has 2 amide bonds. The number of imidazole rings is 2. The maximum absolute atomic E-state index is 12.2. The van der Waals surface area contributed by atoms with Gasteiger partial charge in [0.25, 0.3) is 0 Å². The molecule has 2 N–H and O–H groups in total. The normalized spacial score (nSPS) is 22.7. The van der Waals surface area contributed by atoms with Crippen LogP contribution in [0.2, 0.25) is 0 Å². The summed E-state index contributed by atoms with van der Waals surface area (Å²) in [4.78, 5) is 44.4. The molecule has 0 unspecified atom stereocenters. The van der Waals surface area contributed by atoms with E-state index < -0.39 is 0 Å². The number of hydrogen-bond donors (Lipinski definition) is 2. The zero-order valence-corrected chi connectivity index (χ0v) is 23.5. The van der Waals surface area contributed by atoms with Crippen molar-refractivity contribution in [3.05, 3.63) is 72.6 Å². The first kappa shape index (κ1) is 26.0. The summed E-state index contributed by atoms with van der Waals surface area (Å²) in [5, 5.41) is 0. The van der Waals surface area contributed by atoms with Crippen molar-refractivity contribution in [3.8, 4) is 33.6 Å². The lowest BCUT2D eigenvalue weighted by atomic mass is 10.0. The summed E-state index contributed by atoms with van der Waals surface area (Å²) < 4.78 is 0. The zero-order chi connectivity index (χ0) is 28.0. The van der Waals surface area contributed by atoms with Crippen molar-refractivity contribution in [3.63, 3.8) is 0 Å². The molecule has 0 spiro atoms. The number of amides is 2. The molecule has 2 saturated heterocycles. The van der Waals surface area contributed by atoms with E-state index in [0.29, 0.717) is 0 Å². The lowest BCUT2D eigenvalue weighted by Gasteiger charge is -2.25. The van der Waals surface area contributed by atoms with Crippen molar-refractivity contribution in [2.24, 2.45) is 0 Å². The van der Waals surface area contributed by atoms with Gasteiger partial charge < -0.3 is 19.8 Å². The van der Waals surface area contributed by atoms with Gasteiger partial charge in [0.05, 0.1) is 35.9 Å². The highest BCUT2D eigenvalue weighted by Gasteiger charge is 2.36. The monoisotopic (exact) mass is 536 g/mol. The Hall–Kier alpha value is -4.20. The Bertz CT molecular complexity index is 1400. The average Bonchev–Trinajstić information content (AvgIpc) is 3.74. The highest BCUT2D eigenvalue weighted by molar-refractivity contribution is 5.75. The van der Waals surface area contributed by atoms with Crippen LogP contribution in [0.1, 0.15) is 77.1 Å². The van der Waals surface area contributed by atoms with Gasteiger partial charge in [0.1, 0.15) is 11.6 Å². The highest BCUT2D eigenvalue weighted by Crippen LogP contribution is 2.37. The molecule has 0 saturated carbocycles. The topological polar surface area (TPSA) is 98.0 Å². The number of rotatable bonds is 5. The van der Waals surface area contributed by atoms with E-state index in [4.69, 9.17) is 0 Å². The standard InChI is InChI=1S/C32H36N6O2/c1-19-5-15-29(37(19)21(3)39)31-33-17-27(35-31)25-11-7-23(8-12-25)24-9-13-26(14-10-24)28-18-34-32(36-28)30-16-6-20(2)38(30)22(4)40/h7-14,17-20,29-30H,5-6,15-16H2,1-4H3,(H,33,35)(H,34,36)/t19-,20-,29-,30-/m0/s1. The molecule has 6 rings (SSSR count). The molecule has 2 aliphatic rings. The van der Waals surface area contributed by atoms with E-state index >= 15 is 0 Å². The summed E-state index contributed by atoms with van der Waals surface area (Å²) in [7, 11) is 0. The molecule has 8 heteroatoms. The van der Waals surface area contributed by atoms with Crippen LogP contribution in [0.3, 0.4) is 0 Å². The van der Waals surface area contributed by atoms with Gasteiger partial charge in [-0.05, 0) is 61.8 Å². The van der Waals surface area contributed by atoms with Crippen LogP contribution >= 0.6 is 0 Å². The molecule has 2 aromatic heterocycles. The van der Waals surface area contributed by atoms with Gasteiger partial charge in [0.2, 0.25) is 11.8 Å². The first-order valence-corrected chi connectivity index (χ1v) is 14.2. The number of likely N-dealkylation sites (tertiary alicyclic amines) is 2. The highest BCUT2D eigenvalue weighted by atomic mass is 16.2. The number of carbonyl (C=O) groups excluding carboxylic acids is 2. The Morgan fingerprint density at radius 2 is 0.975 bits per heavy atom. The van der Waals surface area contributed by atoms with Crippen molar-refractivity contribution >= 4 is 11.8 Å². The Morgan fingerprint density at radius 3 is 1.32 bits per heavy atom. The third-order valence-corrected chi connectivity index (χ3v) is 8.61. The number of nitrogens with one attached hydrogen (secondary N) is 2. The Balaban J connectivity index is 1.15. The van der Waals surface area contributed by atoms with Crippen molar-refractivity contribution in [1.82, 2.24) is 29.7 Å². The first-order valence-electron chi connectivity index (χ1n) is 14.2. The van der Waals surface area contributed by atoms with Crippen LogP contribution in [-0.4, -0.2) is 53.6 Å². The van der Waals surface area contributed by atoms with E-state index in [1.807, 2.05) is 22.2 Å². The van der Waals surface area contributed by atoms with Crippen LogP contribution in [0.4, 0.5) is 0 Å². The molecule has 2 aliphatic heterocycles. The number of nitrogens with zero attached hydrogens (tertiary/aromatic N) is 4. The molecule has 0 radical (unpaired) electrons. The third kappa shape index (κ3) is 4.72. The summed E-state index contributed by atoms with van der Waals surface area (Å²) in [6, 6.07) is 17.4. The zero-order valence-electron chi connectivity index (χ0n) is 23.5. The summed E-state index contributed by atoms with van der Waals surface area (Å²) in [5.74, 6) is 1.90. The largest absolute Gasteiger partial charge is 0.340 e. The molecule has 4 heterocycles. The summed E-state index contributed by atoms with van der Waals surface area (Å²) >= 11 is 0. The van der Waals surface area contributed by atoms with Crippen LogP contribution in [0, 0.1) is 0 Å². The van der Waals surface area contributed by atoms with Crippen LogP contribution < -0.4 is 0 Å². The van der Waals surface area contributed by atoms with Crippen LogP contribution in [0.25, 0.3) is 33.6 Å².